The summed E-state index contributed by atoms with van der Waals surface area (Å²) in [6.07, 6.45) is 0. The van der Waals surface area contributed by atoms with Crippen LogP contribution >= 0.6 is 11.6 Å². The molecule has 5 heteroatoms. The molecule has 0 saturated carbocycles. The van der Waals surface area contributed by atoms with Crippen molar-refractivity contribution in [2.45, 2.75) is 0 Å². The van der Waals surface area contributed by atoms with Crippen molar-refractivity contribution < 1.29 is 14.7 Å². The van der Waals surface area contributed by atoms with Crippen LogP contribution in [0.25, 0.3) is 0 Å². The Balaban J connectivity index is 2.63. The van der Waals surface area contributed by atoms with E-state index in [0.29, 0.717) is 10.7 Å². The third-order valence-corrected chi connectivity index (χ3v) is 1.99. The van der Waals surface area contributed by atoms with E-state index in [-0.39, 0.29) is 13.4 Å². The summed E-state index contributed by atoms with van der Waals surface area (Å²) in [6.45, 7) is 0.346. The standard InChI is InChI=1S/C10H12ClNO3/c1-14-7-15-6-10(12-13)8-2-4-9(11)5-3-8/h2-5,13H,6-7H2,1H3/b12-10+. The number of ether oxygens (including phenoxy) is 2. The molecular formula is C10H12ClNO3. The summed E-state index contributed by atoms with van der Waals surface area (Å²) >= 11 is 5.73. The van der Waals surface area contributed by atoms with E-state index >= 15 is 0 Å². The lowest BCUT2D eigenvalue weighted by Gasteiger charge is -2.05. The molecule has 1 N–H and O–H groups in total. The van der Waals surface area contributed by atoms with Crippen LogP contribution in [-0.2, 0) is 9.47 Å². The van der Waals surface area contributed by atoms with E-state index in [2.05, 4.69) is 5.16 Å². The van der Waals surface area contributed by atoms with Gasteiger partial charge in [0.15, 0.2) is 0 Å². The van der Waals surface area contributed by atoms with E-state index in [0.717, 1.165) is 5.56 Å². The maximum atomic E-state index is 8.78. The highest BCUT2D eigenvalue weighted by molar-refractivity contribution is 6.30. The zero-order valence-electron chi connectivity index (χ0n) is 8.31. The van der Waals surface area contributed by atoms with Crippen molar-refractivity contribution >= 4 is 17.3 Å². The van der Waals surface area contributed by atoms with Crippen LogP contribution in [0.4, 0.5) is 0 Å². The van der Waals surface area contributed by atoms with Crippen LogP contribution in [-0.4, -0.2) is 31.4 Å². The fourth-order valence-electron chi connectivity index (χ4n) is 1.03. The Labute approximate surface area is 93.1 Å². The molecule has 0 fully saturated rings. The van der Waals surface area contributed by atoms with Gasteiger partial charge in [-0.15, -0.1) is 0 Å². The van der Waals surface area contributed by atoms with Crippen molar-refractivity contribution in [2.75, 3.05) is 20.5 Å². The molecule has 0 aliphatic rings. The van der Waals surface area contributed by atoms with Gasteiger partial charge >= 0.3 is 0 Å². The lowest BCUT2D eigenvalue weighted by molar-refractivity contribution is -0.0148. The molecule has 4 nitrogen and oxygen atoms in total. The maximum Gasteiger partial charge on any atom is 0.146 e. The number of benzene rings is 1. The molecule has 0 bridgehead atoms. The molecule has 1 rings (SSSR count). The largest absolute Gasteiger partial charge is 0.411 e. The van der Waals surface area contributed by atoms with Crippen LogP contribution in [0.2, 0.25) is 5.02 Å². The maximum absolute atomic E-state index is 8.78. The number of oxime groups is 1. The predicted octanol–water partition coefficient (Wildman–Crippen LogP) is 2.14. The predicted molar refractivity (Wildman–Crippen MR) is 57.6 cm³/mol. The van der Waals surface area contributed by atoms with Gasteiger partial charge in [-0.25, -0.2) is 0 Å². The van der Waals surface area contributed by atoms with Crippen molar-refractivity contribution in [1.82, 2.24) is 0 Å². The minimum atomic E-state index is 0.159. The van der Waals surface area contributed by atoms with Crippen LogP contribution in [0.15, 0.2) is 29.4 Å². The average molecular weight is 230 g/mol. The molecule has 0 aliphatic carbocycles. The van der Waals surface area contributed by atoms with Gasteiger partial charge in [-0.3, -0.25) is 0 Å². The smallest absolute Gasteiger partial charge is 0.146 e. The molecule has 0 saturated heterocycles. The summed E-state index contributed by atoms with van der Waals surface area (Å²) in [5.74, 6) is 0. The fourth-order valence-corrected chi connectivity index (χ4v) is 1.16. The highest BCUT2D eigenvalue weighted by Crippen LogP contribution is 2.10. The molecule has 0 unspecified atom stereocenters. The Morgan fingerprint density at radius 2 is 2.07 bits per heavy atom. The summed E-state index contributed by atoms with van der Waals surface area (Å²) in [4.78, 5) is 0. The second-order valence-corrected chi connectivity index (χ2v) is 3.25. The Kier molecular flexibility index (Phi) is 5.10. The van der Waals surface area contributed by atoms with E-state index in [9.17, 15) is 0 Å². The highest BCUT2D eigenvalue weighted by atomic mass is 35.5. The Morgan fingerprint density at radius 3 is 2.60 bits per heavy atom. The monoisotopic (exact) mass is 229 g/mol. The SMILES string of the molecule is COCOC/C(=N\O)c1ccc(Cl)cc1. The van der Waals surface area contributed by atoms with Crippen LogP contribution in [0, 0.1) is 0 Å². The molecule has 0 amide bonds. The summed E-state index contributed by atoms with van der Waals surface area (Å²) < 4.78 is 9.79. The molecular weight excluding hydrogens is 218 g/mol. The van der Waals surface area contributed by atoms with E-state index in [1.165, 1.54) is 7.11 Å². The second-order valence-electron chi connectivity index (χ2n) is 2.81. The zero-order valence-corrected chi connectivity index (χ0v) is 9.07. The quantitative estimate of drug-likeness (QED) is 0.277. The first kappa shape index (κ1) is 12.0. The molecule has 0 aliphatic heterocycles. The first-order valence-corrected chi connectivity index (χ1v) is 4.69. The van der Waals surface area contributed by atoms with Crippen molar-refractivity contribution in [2.24, 2.45) is 5.16 Å². The first-order valence-electron chi connectivity index (χ1n) is 4.31. The Bertz CT molecular complexity index is 324. The molecule has 15 heavy (non-hydrogen) atoms. The third-order valence-electron chi connectivity index (χ3n) is 1.74. The van der Waals surface area contributed by atoms with E-state index in [1.807, 2.05) is 0 Å². The topological polar surface area (TPSA) is 51.0 Å². The first-order chi connectivity index (χ1) is 7.27. The molecule has 82 valence electrons. The van der Waals surface area contributed by atoms with Gasteiger partial charge in [-0.1, -0.05) is 28.9 Å². The number of halogens is 1. The van der Waals surface area contributed by atoms with Gasteiger partial charge in [-0.05, 0) is 12.1 Å². The molecule has 0 radical (unpaired) electrons. The van der Waals surface area contributed by atoms with Gasteiger partial charge < -0.3 is 14.7 Å². The fraction of sp³-hybridized carbons (Fsp3) is 0.300. The Morgan fingerprint density at radius 1 is 1.40 bits per heavy atom. The summed E-state index contributed by atoms with van der Waals surface area (Å²) in [7, 11) is 1.53. The summed E-state index contributed by atoms with van der Waals surface area (Å²) in [5.41, 5.74) is 1.20. The molecule has 1 aromatic rings. The molecule has 0 heterocycles. The van der Waals surface area contributed by atoms with Crippen LogP contribution in [0.3, 0.4) is 0 Å². The third kappa shape index (κ3) is 3.87. The van der Waals surface area contributed by atoms with Gasteiger partial charge in [0.1, 0.15) is 12.5 Å². The van der Waals surface area contributed by atoms with Gasteiger partial charge in [0.05, 0.1) is 6.61 Å². The van der Waals surface area contributed by atoms with Gasteiger partial charge in [0.2, 0.25) is 0 Å². The lowest BCUT2D eigenvalue weighted by Crippen LogP contribution is -2.11. The molecule has 1 aromatic carbocycles. The zero-order chi connectivity index (χ0) is 11.1. The number of rotatable bonds is 5. The highest BCUT2D eigenvalue weighted by Gasteiger charge is 2.04. The molecule has 0 atom stereocenters. The molecule has 0 spiro atoms. The van der Waals surface area contributed by atoms with Crippen LogP contribution < -0.4 is 0 Å². The number of hydrogen-bond donors (Lipinski definition) is 1. The minimum absolute atomic E-state index is 0.159. The van der Waals surface area contributed by atoms with Crippen molar-refractivity contribution in [1.29, 1.82) is 0 Å². The van der Waals surface area contributed by atoms with Crippen LogP contribution in [0.5, 0.6) is 0 Å². The summed E-state index contributed by atoms with van der Waals surface area (Å²) in [6, 6.07) is 6.96. The van der Waals surface area contributed by atoms with E-state index in [1.54, 1.807) is 24.3 Å². The number of methoxy groups -OCH3 is 1. The number of hydrogen-bond acceptors (Lipinski definition) is 4. The van der Waals surface area contributed by atoms with Gasteiger partial charge in [0.25, 0.3) is 0 Å². The van der Waals surface area contributed by atoms with Gasteiger partial charge in [0, 0.05) is 17.7 Å². The van der Waals surface area contributed by atoms with Gasteiger partial charge in [-0.2, -0.15) is 0 Å². The Hall–Kier alpha value is -1.10. The van der Waals surface area contributed by atoms with Crippen molar-refractivity contribution in [3.8, 4) is 0 Å². The van der Waals surface area contributed by atoms with E-state index < -0.39 is 0 Å². The second kappa shape index (κ2) is 6.40. The molecule has 0 aromatic heterocycles. The minimum Gasteiger partial charge on any atom is -0.411 e. The van der Waals surface area contributed by atoms with Crippen molar-refractivity contribution in [3.05, 3.63) is 34.9 Å². The van der Waals surface area contributed by atoms with Crippen LogP contribution in [0.1, 0.15) is 5.56 Å². The lowest BCUT2D eigenvalue weighted by atomic mass is 10.1. The number of nitrogens with zero attached hydrogens (tertiary/aromatic N) is 1. The van der Waals surface area contributed by atoms with Crippen molar-refractivity contribution in [3.63, 3.8) is 0 Å². The normalized spacial score (nSPS) is 11.7. The van der Waals surface area contributed by atoms with E-state index in [4.69, 9.17) is 26.3 Å². The summed E-state index contributed by atoms with van der Waals surface area (Å²) in [5, 5.41) is 12.6. The average Bonchev–Trinajstić information content (AvgIpc) is 2.26.